The molecule has 1 aromatic heterocycles. The highest BCUT2D eigenvalue weighted by atomic mass is 32.1. The van der Waals surface area contributed by atoms with E-state index in [1.807, 2.05) is 43.5 Å². The summed E-state index contributed by atoms with van der Waals surface area (Å²) in [7, 11) is 0. The number of hydrogen-bond donors (Lipinski definition) is 2. The molecule has 0 atom stereocenters. The highest BCUT2D eigenvalue weighted by Gasteiger charge is 2.13. The number of aryl methyl sites for hydroxylation is 2. The molecule has 1 heterocycles. The van der Waals surface area contributed by atoms with Gasteiger partial charge in [-0.05, 0) is 42.5 Å². The third-order valence-corrected chi connectivity index (χ3v) is 3.89. The molecule has 0 aliphatic rings. The van der Waals surface area contributed by atoms with Gasteiger partial charge in [-0.2, -0.15) is 0 Å². The summed E-state index contributed by atoms with van der Waals surface area (Å²) >= 11 is 1.37. The average molecular weight is 299 g/mol. The van der Waals surface area contributed by atoms with Crippen molar-refractivity contribution in [2.45, 2.75) is 20.3 Å². The van der Waals surface area contributed by atoms with E-state index in [9.17, 15) is 4.79 Å². The highest BCUT2D eigenvalue weighted by molar-refractivity contribution is 7.12. The molecule has 2 aromatic rings. The van der Waals surface area contributed by atoms with Crippen LogP contribution in [0.25, 0.3) is 0 Å². The molecule has 1 aromatic carbocycles. The third-order valence-electron chi connectivity index (χ3n) is 2.97. The van der Waals surface area contributed by atoms with E-state index < -0.39 is 0 Å². The fourth-order valence-corrected chi connectivity index (χ4v) is 2.59. The van der Waals surface area contributed by atoms with Crippen LogP contribution in [0.15, 0.2) is 29.6 Å². The minimum absolute atomic E-state index is 0.0289. The number of anilines is 1. The lowest BCUT2D eigenvalue weighted by Gasteiger charge is -2.08. The summed E-state index contributed by atoms with van der Waals surface area (Å²) < 4.78 is 0. The number of aliphatic hydroxyl groups excluding tert-OH is 1. The Kier molecular flexibility index (Phi) is 5.15. The predicted octanol–water partition coefficient (Wildman–Crippen LogP) is 3.35. The van der Waals surface area contributed by atoms with Gasteiger partial charge in [0.05, 0.1) is 6.61 Å². The van der Waals surface area contributed by atoms with Crippen molar-refractivity contribution in [3.63, 3.8) is 0 Å². The zero-order valence-electron chi connectivity index (χ0n) is 12.1. The Balaban J connectivity index is 2.20. The van der Waals surface area contributed by atoms with Crippen molar-refractivity contribution >= 4 is 22.9 Å². The number of carbonyl (C=O) groups excluding carboxylic acids is 1. The quantitative estimate of drug-likeness (QED) is 0.854. The zero-order valence-corrected chi connectivity index (χ0v) is 12.9. The van der Waals surface area contributed by atoms with Crippen LogP contribution in [0.2, 0.25) is 0 Å². The van der Waals surface area contributed by atoms with Gasteiger partial charge < -0.3 is 10.4 Å². The predicted molar refractivity (Wildman–Crippen MR) is 86.8 cm³/mol. The fourth-order valence-electron chi connectivity index (χ4n) is 1.85. The Morgan fingerprint density at radius 1 is 1.33 bits per heavy atom. The molecule has 4 heteroatoms. The minimum Gasteiger partial charge on any atom is -0.395 e. The van der Waals surface area contributed by atoms with Crippen molar-refractivity contribution in [1.29, 1.82) is 0 Å². The maximum absolute atomic E-state index is 12.4. The van der Waals surface area contributed by atoms with E-state index in [0.717, 1.165) is 16.8 Å². The number of amides is 1. The summed E-state index contributed by atoms with van der Waals surface area (Å²) in [5.74, 6) is 5.62. The molecule has 0 fully saturated rings. The van der Waals surface area contributed by atoms with Crippen molar-refractivity contribution < 1.29 is 9.90 Å². The normalized spacial score (nSPS) is 9.86. The van der Waals surface area contributed by atoms with E-state index in [2.05, 4.69) is 17.2 Å². The summed E-state index contributed by atoms with van der Waals surface area (Å²) in [6.45, 7) is 3.98. The van der Waals surface area contributed by atoms with Gasteiger partial charge in [0.15, 0.2) is 0 Å². The number of rotatable bonds is 3. The molecule has 3 nitrogen and oxygen atoms in total. The van der Waals surface area contributed by atoms with Crippen LogP contribution in [0.1, 0.15) is 32.8 Å². The molecule has 2 N–H and O–H groups in total. The fraction of sp³-hybridized carbons (Fsp3) is 0.235. The van der Waals surface area contributed by atoms with Crippen LogP contribution < -0.4 is 5.32 Å². The summed E-state index contributed by atoms with van der Waals surface area (Å²) in [5.41, 5.74) is 3.65. The molecule has 0 bridgehead atoms. The second-order valence-electron chi connectivity index (χ2n) is 4.71. The largest absolute Gasteiger partial charge is 0.395 e. The Hall–Kier alpha value is -2.09. The first-order valence-corrected chi connectivity index (χ1v) is 7.55. The summed E-state index contributed by atoms with van der Waals surface area (Å²) in [5, 5.41) is 13.5. The highest BCUT2D eigenvalue weighted by Crippen LogP contribution is 2.21. The second-order valence-corrected chi connectivity index (χ2v) is 5.63. The molecule has 0 saturated carbocycles. The lowest BCUT2D eigenvalue weighted by Crippen LogP contribution is -2.12. The van der Waals surface area contributed by atoms with Gasteiger partial charge in [-0.3, -0.25) is 4.79 Å². The molecule has 0 saturated heterocycles. The van der Waals surface area contributed by atoms with E-state index in [1.165, 1.54) is 11.3 Å². The van der Waals surface area contributed by atoms with E-state index in [0.29, 0.717) is 16.9 Å². The van der Waals surface area contributed by atoms with Gasteiger partial charge in [0.2, 0.25) is 0 Å². The van der Waals surface area contributed by atoms with Gasteiger partial charge in [-0.1, -0.05) is 24.0 Å². The van der Waals surface area contributed by atoms with Gasteiger partial charge in [0.25, 0.3) is 5.91 Å². The molecule has 108 valence electrons. The van der Waals surface area contributed by atoms with Crippen LogP contribution in [0, 0.1) is 25.7 Å². The Bertz CT molecular complexity index is 707. The SMILES string of the molecule is Cc1ccc(C)c(NC(=O)c2sccc2C#CCCO)c1. The average Bonchev–Trinajstić information content (AvgIpc) is 2.92. The first kappa shape index (κ1) is 15.3. The summed E-state index contributed by atoms with van der Waals surface area (Å²) in [6, 6.07) is 7.79. The van der Waals surface area contributed by atoms with Gasteiger partial charge in [0, 0.05) is 17.7 Å². The first-order valence-electron chi connectivity index (χ1n) is 6.67. The molecular formula is C17H17NO2S. The molecule has 0 aliphatic carbocycles. The van der Waals surface area contributed by atoms with Gasteiger partial charge in [0.1, 0.15) is 4.88 Å². The maximum atomic E-state index is 12.4. The summed E-state index contributed by atoms with van der Waals surface area (Å²) in [4.78, 5) is 13.0. The number of nitrogens with one attached hydrogen (secondary N) is 1. The van der Waals surface area contributed by atoms with Crippen LogP contribution >= 0.6 is 11.3 Å². The van der Waals surface area contributed by atoms with E-state index in [4.69, 9.17) is 5.11 Å². The van der Waals surface area contributed by atoms with Crippen LogP contribution in [0.5, 0.6) is 0 Å². The monoisotopic (exact) mass is 299 g/mol. The Morgan fingerprint density at radius 2 is 2.14 bits per heavy atom. The van der Waals surface area contributed by atoms with Crippen LogP contribution in [0.4, 0.5) is 5.69 Å². The second kappa shape index (κ2) is 7.07. The molecule has 2 rings (SSSR count). The molecule has 0 radical (unpaired) electrons. The summed E-state index contributed by atoms with van der Waals surface area (Å²) in [6.07, 6.45) is 0.411. The number of hydrogen-bond acceptors (Lipinski definition) is 3. The number of carbonyl (C=O) groups is 1. The van der Waals surface area contributed by atoms with Crippen molar-refractivity contribution in [2.75, 3.05) is 11.9 Å². The van der Waals surface area contributed by atoms with Gasteiger partial charge in [-0.25, -0.2) is 0 Å². The van der Waals surface area contributed by atoms with Crippen molar-refractivity contribution in [2.24, 2.45) is 0 Å². The van der Waals surface area contributed by atoms with Crippen LogP contribution in [-0.2, 0) is 0 Å². The van der Waals surface area contributed by atoms with Crippen LogP contribution in [0.3, 0.4) is 0 Å². The van der Waals surface area contributed by atoms with E-state index in [1.54, 1.807) is 0 Å². The first-order chi connectivity index (χ1) is 10.1. The molecule has 1 amide bonds. The van der Waals surface area contributed by atoms with E-state index in [-0.39, 0.29) is 12.5 Å². The van der Waals surface area contributed by atoms with Crippen molar-refractivity contribution in [1.82, 2.24) is 0 Å². The van der Waals surface area contributed by atoms with Gasteiger partial charge in [-0.15, -0.1) is 11.3 Å². The zero-order chi connectivity index (χ0) is 15.2. The Morgan fingerprint density at radius 3 is 2.90 bits per heavy atom. The van der Waals surface area contributed by atoms with Crippen molar-refractivity contribution in [3.8, 4) is 11.8 Å². The molecule has 0 spiro atoms. The lowest BCUT2D eigenvalue weighted by atomic mass is 10.1. The van der Waals surface area contributed by atoms with E-state index >= 15 is 0 Å². The van der Waals surface area contributed by atoms with Gasteiger partial charge >= 0.3 is 0 Å². The maximum Gasteiger partial charge on any atom is 0.267 e. The van der Waals surface area contributed by atoms with Crippen molar-refractivity contribution in [3.05, 3.63) is 51.2 Å². The molecule has 21 heavy (non-hydrogen) atoms. The molecular weight excluding hydrogens is 282 g/mol. The molecule has 0 aliphatic heterocycles. The third kappa shape index (κ3) is 3.94. The van der Waals surface area contributed by atoms with Crippen LogP contribution in [-0.4, -0.2) is 17.6 Å². The number of benzene rings is 1. The minimum atomic E-state index is -0.146. The number of aliphatic hydroxyl groups is 1. The lowest BCUT2D eigenvalue weighted by molar-refractivity contribution is 0.103. The Labute approximate surface area is 128 Å². The topological polar surface area (TPSA) is 49.3 Å². The number of thiophene rings is 1. The standard InChI is InChI=1S/C17H17NO2S/c1-12-6-7-13(2)15(11-12)18-17(20)16-14(8-10-21-16)5-3-4-9-19/h6-8,10-11,19H,4,9H2,1-2H3,(H,18,20). The smallest absolute Gasteiger partial charge is 0.267 e. The molecule has 0 unspecified atom stereocenters.